The molecule has 1 saturated heterocycles. The van der Waals surface area contributed by atoms with Gasteiger partial charge in [-0.2, -0.15) is 0 Å². The zero-order valence-electron chi connectivity index (χ0n) is 11.6. The van der Waals surface area contributed by atoms with E-state index in [1.165, 1.54) is 0 Å². The predicted octanol–water partition coefficient (Wildman–Crippen LogP) is 0.0325. The first kappa shape index (κ1) is 15.7. The van der Waals surface area contributed by atoms with E-state index in [2.05, 4.69) is 5.32 Å². The molecule has 0 aromatic rings. The summed E-state index contributed by atoms with van der Waals surface area (Å²) in [7, 11) is 1.61. The van der Waals surface area contributed by atoms with E-state index in [9.17, 15) is 14.7 Å². The Balaban J connectivity index is 2.52. The molecule has 0 radical (unpaired) electrons. The van der Waals surface area contributed by atoms with Crippen molar-refractivity contribution in [3.05, 3.63) is 0 Å². The lowest BCUT2D eigenvalue weighted by molar-refractivity contribution is -0.155. The van der Waals surface area contributed by atoms with Gasteiger partial charge in [0, 0.05) is 13.7 Å². The highest BCUT2D eigenvalue weighted by Gasteiger charge is 2.35. The van der Waals surface area contributed by atoms with Crippen LogP contribution >= 0.6 is 0 Å². The average Bonchev–Trinajstić information content (AvgIpc) is 2.36. The molecule has 0 aromatic heterocycles. The number of carbonyl (C=O) groups excluding carboxylic acids is 1. The predicted molar refractivity (Wildman–Crippen MR) is 67.9 cm³/mol. The summed E-state index contributed by atoms with van der Waals surface area (Å²) in [5.41, 5.74) is -2.33. The van der Waals surface area contributed by atoms with Gasteiger partial charge < -0.3 is 25.2 Å². The lowest BCUT2D eigenvalue weighted by atomic mass is 9.95. The van der Waals surface area contributed by atoms with E-state index in [1.807, 2.05) is 6.92 Å². The van der Waals surface area contributed by atoms with Gasteiger partial charge in [-0.1, -0.05) is 0 Å². The molecule has 3 N–H and O–H groups in total. The molecule has 0 aliphatic carbocycles. The topological polar surface area (TPSA) is 99.1 Å². The largest absolute Gasteiger partial charge is 0.479 e. The van der Waals surface area contributed by atoms with Crippen molar-refractivity contribution in [2.45, 2.75) is 37.9 Å². The van der Waals surface area contributed by atoms with Gasteiger partial charge in [0.1, 0.15) is 0 Å². The van der Waals surface area contributed by atoms with E-state index in [0.717, 1.165) is 19.8 Å². The van der Waals surface area contributed by atoms with E-state index in [0.29, 0.717) is 13.1 Å². The van der Waals surface area contributed by atoms with Crippen molar-refractivity contribution in [2.75, 3.05) is 26.7 Å². The first-order valence-corrected chi connectivity index (χ1v) is 6.24. The van der Waals surface area contributed by atoms with Crippen LogP contribution in [0.1, 0.15) is 26.7 Å². The lowest BCUT2D eigenvalue weighted by Gasteiger charge is -2.39. The fraction of sp³-hybridized carbons (Fsp3) is 0.833. The molecule has 7 heteroatoms. The van der Waals surface area contributed by atoms with Crippen molar-refractivity contribution in [2.24, 2.45) is 0 Å². The van der Waals surface area contributed by atoms with Crippen LogP contribution in [0.2, 0.25) is 0 Å². The summed E-state index contributed by atoms with van der Waals surface area (Å²) < 4.78 is 5.38. The van der Waals surface area contributed by atoms with Crippen LogP contribution in [0.15, 0.2) is 0 Å². The van der Waals surface area contributed by atoms with Crippen LogP contribution < -0.4 is 5.32 Å². The first-order chi connectivity index (χ1) is 8.70. The van der Waals surface area contributed by atoms with Gasteiger partial charge in [-0.15, -0.1) is 0 Å². The Morgan fingerprint density at radius 1 is 1.53 bits per heavy atom. The first-order valence-electron chi connectivity index (χ1n) is 6.24. The van der Waals surface area contributed by atoms with Gasteiger partial charge in [0.2, 0.25) is 0 Å². The number of likely N-dealkylation sites (tertiary alicyclic amines) is 1. The molecule has 19 heavy (non-hydrogen) atoms. The highest BCUT2D eigenvalue weighted by atomic mass is 16.5. The number of rotatable bonds is 4. The van der Waals surface area contributed by atoms with Gasteiger partial charge in [0.15, 0.2) is 5.60 Å². The monoisotopic (exact) mass is 274 g/mol. The molecule has 0 spiro atoms. The highest BCUT2D eigenvalue weighted by molar-refractivity contribution is 5.79. The summed E-state index contributed by atoms with van der Waals surface area (Å²) in [5, 5.41) is 20.7. The second-order valence-corrected chi connectivity index (χ2v) is 5.42. The summed E-state index contributed by atoms with van der Waals surface area (Å²) in [6.07, 6.45) is 1.70. The number of urea groups is 1. The summed E-state index contributed by atoms with van der Waals surface area (Å²) in [6.45, 7) is 3.79. The van der Waals surface area contributed by atoms with E-state index in [4.69, 9.17) is 9.84 Å². The minimum atomic E-state index is -1.96. The zero-order chi connectivity index (χ0) is 14.7. The number of carboxylic acid groups (broad SMARTS) is 1. The molecule has 2 atom stereocenters. The number of amides is 2. The maximum Gasteiger partial charge on any atom is 0.337 e. The number of hydrogen-bond acceptors (Lipinski definition) is 4. The zero-order valence-corrected chi connectivity index (χ0v) is 11.6. The summed E-state index contributed by atoms with van der Waals surface area (Å²) in [6, 6.07) is -0.385. The Labute approximate surface area is 112 Å². The maximum absolute atomic E-state index is 11.9. The number of nitrogens with zero attached hydrogens (tertiary/aromatic N) is 1. The maximum atomic E-state index is 11.9. The van der Waals surface area contributed by atoms with Gasteiger partial charge in [-0.3, -0.25) is 0 Å². The molecule has 1 heterocycles. The summed E-state index contributed by atoms with van der Waals surface area (Å²) in [4.78, 5) is 24.2. The SMILES string of the molecule is COC1(C)CCCN(C(=O)NCC(C)(O)C(=O)O)C1. The molecular weight excluding hydrogens is 252 g/mol. The van der Waals surface area contributed by atoms with Crippen LogP contribution in [-0.2, 0) is 9.53 Å². The van der Waals surface area contributed by atoms with Gasteiger partial charge in [-0.25, -0.2) is 9.59 Å². The molecule has 7 nitrogen and oxygen atoms in total. The molecule has 1 fully saturated rings. The molecule has 0 saturated carbocycles. The Hall–Kier alpha value is -1.34. The third kappa shape index (κ3) is 4.07. The van der Waals surface area contributed by atoms with Crippen LogP contribution in [-0.4, -0.2) is 65.1 Å². The van der Waals surface area contributed by atoms with Crippen LogP contribution in [0.25, 0.3) is 0 Å². The normalized spacial score (nSPS) is 26.6. The summed E-state index contributed by atoms with van der Waals surface area (Å²) >= 11 is 0. The second kappa shape index (κ2) is 5.75. The van der Waals surface area contributed by atoms with E-state index >= 15 is 0 Å². The van der Waals surface area contributed by atoms with E-state index < -0.39 is 11.6 Å². The molecular formula is C12H22N2O5. The van der Waals surface area contributed by atoms with Gasteiger partial charge >= 0.3 is 12.0 Å². The number of piperidine rings is 1. The van der Waals surface area contributed by atoms with Gasteiger partial charge in [0.25, 0.3) is 0 Å². The van der Waals surface area contributed by atoms with Crippen molar-refractivity contribution >= 4 is 12.0 Å². The van der Waals surface area contributed by atoms with Crippen LogP contribution in [0, 0.1) is 0 Å². The Bertz CT molecular complexity index is 358. The van der Waals surface area contributed by atoms with Crippen molar-refractivity contribution in [1.29, 1.82) is 0 Å². The minimum absolute atomic E-state index is 0.332. The molecule has 0 bridgehead atoms. The standard InChI is InChI=1S/C12H22N2O5/c1-11(19-3)5-4-6-14(8-11)10(17)13-7-12(2,18)9(15)16/h18H,4-8H2,1-3H3,(H,13,17)(H,15,16). The van der Waals surface area contributed by atoms with Crippen LogP contribution in [0.3, 0.4) is 0 Å². The molecule has 2 amide bonds. The van der Waals surface area contributed by atoms with Crippen molar-refractivity contribution < 1.29 is 24.5 Å². The van der Waals surface area contributed by atoms with Crippen molar-refractivity contribution in [3.63, 3.8) is 0 Å². The third-order valence-electron chi connectivity index (χ3n) is 3.48. The number of methoxy groups -OCH3 is 1. The number of carbonyl (C=O) groups is 2. The smallest absolute Gasteiger partial charge is 0.337 e. The lowest BCUT2D eigenvalue weighted by Crippen LogP contribution is -2.55. The Kier molecular flexibility index (Phi) is 4.75. The fourth-order valence-corrected chi connectivity index (χ4v) is 1.98. The van der Waals surface area contributed by atoms with Crippen LogP contribution in [0.4, 0.5) is 4.79 Å². The average molecular weight is 274 g/mol. The molecule has 0 aromatic carbocycles. The number of carboxylic acids is 1. The number of nitrogens with one attached hydrogen (secondary N) is 1. The minimum Gasteiger partial charge on any atom is -0.479 e. The van der Waals surface area contributed by atoms with Crippen molar-refractivity contribution in [3.8, 4) is 0 Å². The van der Waals surface area contributed by atoms with E-state index in [-0.39, 0.29) is 18.2 Å². The highest BCUT2D eigenvalue weighted by Crippen LogP contribution is 2.23. The number of hydrogen-bond donors (Lipinski definition) is 3. The molecule has 1 aliphatic rings. The Morgan fingerprint density at radius 2 is 2.16 bits per heavy atom. The molecule has 1 rings (SSSR count). The molecule has 110 valence electrons. The van der Waals surface area contributed by atoms with E-state index in [1.54, 1.807) is 12.0 Å². The molecule has 2 unspecified atom stereocenters. The second-order valence-electron chi connectivity index (χ2n) is 5.42. The fourth-order valence-electron chi connectivity index (χ4n) is 1.98. The van der Waals surface area contributed by atoms with Gasteiger partial charge in [0.05, 0.1) is 18.7 Å². The van der Waals surface area contributed by atoms with Gasteiger partial charge in [-0.05, 0) is 26.7 Å². The third-order valence-corrected chi connectivity index (χ3v) is 3.48. The number of aliphatic carboxylic acids is 1. The van der Waals surface area contributed by atoms with Crippen molar-refractivity contribution in [1.82, 2.24) is 10.2 Å². The van der Waals surface area contributed by atoms with Crippen LogP contribution in [0.5, 0.6) is 0 Å². The Morgan fingerprint density at radius 3 is 2.68 bits per heavy atom. The molecule has 1 aliphatic heterocycles. The summed E-state index contributed by atoms with van der Waals surface area (Å²) in [5.74, 6) is -1.37. The quantitative estimate of drug-likeness (QED) is 0.672. The number of aliphatic hydroxyl groups is 1. The number of ether oxygens (including phenoxy) is 1.